The maximum atomic E-state index is 13.6. The van der Waals surface area contributed by atoms with E-state index in [1.54, 1.807) is 6.33 Å². The van der Waals surface area contributed by atoms with Crippen LogP contribution in [0, 0.1) is 0 Å². The minimum Gasteiger partial charge on any atom is -0.339 e. The van der Waals surface area contributed by atoms with Crippen LogP contribution in [-0.2, 0) is 5.54 Å². The highest BCUT2D eigenvalue weighted by molar-refractivity contribution is 8.14. The van der Waals surface area contributed by atoms with Crippen LogP contribution in [0.15, 0.2) is 70.3 Å². The molecule has 0 N–H and O–H groups in total. The summed E-state index contributed by atoms with van der Waals surface area (Å²) < 4.78 is 7.54. The number of benzene rings is 2. The smallest absolute Gasteiger partial charge is 0.291 e. The van der Waals surface area contributed by atoms with Crippen molar-refractivity contribution in [2.75, 3.05) is 4.90 Å². The average Bonchev–Trinajstić information content (AvgIpc) is 3.33. The number of rotatable bonds is 3. The lowest BCUT2D eigenvalue weighted by Crippen LogP contribution is -2.48. The molecular formula is C24H21N5O2S. The normalized spacial score (nSPS) is 16.5. The fourth-order valence-corrected chi connectivity index (χ4v) is 5.25. The fourth-order valence-electron chi connectivity index (χ4n) is 4.33. The van der Waals surface area contributed by atoms with Gasteiger partial charge in [0, 0.05) is 10.8 Å². The molecule has 8 heteroatoms. The first kappa shape index (κ1) is 19.3. The van der Waals surface area contributed by atoms with E-state index in [-0.39, 0.29) is 5.24 Å². The molecule has 4 aromatic rings. The second-order valence-electron chi connectivity index (χ2n) is 8.61. The van der Waals surface area contributed by atoms with Gasteiger partial charge in [-0.1, -0.05) is 35.5 Å². The SMILES string of the molecule is CC1(C)c2c(-c3noc(C4CC4)n3)ncn2-c2ccccc2N1C(=O)Sc1ccccc1. The zero-order chi connectivity index (χ0) is 21.9. The van der Waals surface area contributed by atoms with Crippen molar-refractivity contribution in [3.8, 4) is 17.2 Å². The van der Waals surface area contributed by atoms with Crippen LogP contribution in [0.5, 0.6) is 0 Å². The largest absolute Gasteiger partial charge is 0.339 e. The van der Waals surface area contributed by atoms with Gasteiger partial charge in [0.05, 0.1) is 22.6 Å². The fraction of sp³-hybridized carbons (Fsp3) is 0.250. The van der Waals surface area contributed by atoms with Crippen molar-refractivity contribution in [1.82, 2.24) is 19.7 Å². The summed E-state index contributed by atoms with van der Waals surface area (Å²) in [6.45, 7) is 4.07. The lowest BCUT2D eigenvalue weighted by Gasteiger charge is -2.43. The molecule has 1 fully saturated rings. The number of aromatic nitrogens is 4. The summed E-state index contributed by atoms with van der Waals surface area (Å²) >= 11 is 1.22. The number of imidazole rings is 1. The standard InChI is InChI=1S/C24H21N5O2S/c1-24(2)20-19(21-26-22(31-27-21)15-12-13-15)25-14-28(20)17-10-6-7-11-18(17)29(24)23(30)32-16-8-4-3-5-9-16/h3-11,14-15H,12-13H2,1-2H3. The Morgan fingerprint density at radius 3 is 2.53 bits per heavy atom. The Bertz CT molecular complexity index is 1320. The van der Waals surface area contributed by atoms with Crippen LogP contribution in [-0.4, -0.2) is 24.9 Å². The van der Waals surface area contributed by atoms with E-state index in [9.17, 15) is 4.79 Å². The number of fused-ring (bicyclic) bond motifs is 3. The molecule has 0 atom stereocenters. The van der Waals surface area contributed by atoms with Crippen molar-refractivity contribution in [3.05, 3.63) is 72.5 Å². The van der Waals surface area contributed by atoms with Gasteiger partial charge in [0.25, 0.3) is 5.24 Å². The van der Waals surface area contributed by atoms with Crippen molar-refractivity contribution in [2.45, 2.75) is 43.0 Å². The van der Waals surface area contributed by atoms with E-state index in [0.29, 0.717) is 23.3 Å². The summed E-state index contributed by atoms with van der Waals surface area (Å²) in [6, 6.07) is 17.6. The minimum atomic E-state index is -0.695. The zero-order valence-electron chi connectivity index (χ0n) is 17.7. The van der Waals surface area contributed by atoms with Crippen molar-refractivity contribution in [1.29, 1.82) is 0 Å². The molecule has 1 amide bonds. The number of hydrogen-bond acceptors (Lipinski definition) is 6. The Balaban J connectivity index is 1.48. The lowest BCUT2D eigenvalue weighted by atomic mass is 9.92. The Kier molecular flexibility index (Phi) is 4.26. The molecule has 1 saturated carbocycles. The van der Waals surface area contributed by atoms with Crippen LogP contribution in [0.3, 0.4) is 0 Å². The van der Waals surface area contributed by atoms with E-state index in [0.717, 1.165) is 34.8 Å². The van der Waals surface area contributed by atoms with Crippen LogP contribution < -0.4 is 4.90 Å². The highest BCUT2D eigenvalue weighted by Crippen LogP contribution is 2.47. The van der Waals surface area contributed by atoms with E-state index in [1.807, 2.05) is 77.9 Å². The van der Waals surface area contributed by atoms with E-state index >= 15 is 0 Å². The van der Waals surface area contributed by atoms with Crippen LogP contribution in [0.25, 0.3) is 17.2 Å². The van der Waals surface area contributed by atoms with Crippen molar-refractivity contribution >= 4 is 22.7 Å². The van der Waals surface area contributed by atoms with Crippen LogP contribution in [0.4, 0.5) is 10.5 Å². The predicted molar refractivity (Wildman–Crippen MR) is 122 cm³/mol. The summed E-state index contributed by atoms with van der Waals surface area (Å²) in [5, 5.41) is 4.16. The third-order valence-electron chi connectivity index (χ3n) is 6.00. The Morgan fingerprint density at radius 1 is 1.06 bits per heavy atom. The molecule has 1 aliphatic carbocycles. The van der Waals surface area contributed by atoms with Gasteiger partial charge < -0.3 is 4.52 Å². The van der Waals surface area contributed by atoms with Crippen molar-refractivity contribution in [2.24, 2.45) is 0 Å². The molecule has 160 valence electrons. The monoisotopic (exact) mass is 443 g/mol. The third-order valence-corrected chi connectivity index (χ3v) is 6.86. The van der Waals surface area contributed by atoms with Gasteiger partial charge in [0.2, 0.25) is 11.7 Å². The number of thioether (sulfide) groups is 1. The van der Waals surface area contributed by atoms with E-state index in [4.69, 9.17) is 4.52 Å². The summed E-state index contributed by atoms with van der Waals surface area (Å²) in [5.74, 6) is 1.50. The third kappa shape index (κ3) is 2.97. The first-order valence-corrected chi connectivity index (χ1v) is 11.4. The molecule has 0 unspecified atom stereocenters. The minimum absolute atomic E-state index is 0.0566. The maximum absolute atomic E-state index is 13.6. The number of para-hydroxylation sites is 2. The second-order valence-corrected chi connectivity index (χ2v) is 9.63. The van der Waals surface area contributed by atoms with Gasteiger partial charge in [-0.3, -0.25) is 14.3 Å². The van der Waals surface area contributed by atoms with Gasteiger partial charge >= 0.3 is 0 Å². The molecular weight excluding hydrogens is 422 g/mol. The number of carbonyl (C=O) groups is 1. The maximum Gasteiger partial charge on any atom is 0.291 e. The average molecular weight is 444 g/mol. The van der Waals surface area contributed by atoms with E-state index < -0.39 is 5.54 Å². The number of anilines is 1. The quantitative estimate of drug-likeness (QED) is 0.374. The molecule has 2 aliphatic rings. The van der Waals surface area contributed by atoms with Crippen LogP contribution in [0.1, 0.15) is 44.2 Å². The number of hydrogen-bond donors (Lipinski definition) is 0. The molecule has 32 heavy (non-hydrogen) atoms. The van der Waals surface area contributed by atoms with Crippen LogP contribution >= 0.6 is 11.8 Å². The van der Waals surface area contributed by atoms with Gasteiger partial charge in [0.15, 0.2) is 0 Å². The summed E-state index contributed by atoms with van der Waals surface area (Å²) in [7, 11) is 0. The molecule has 0 radical (unpaired) electrons. The topological polar surface area (TPSA) is 77.1 Å². The molecule has 0 spiro atoms. The first-order valence-electron chi connectivity index (χ1n) is 10.6. The lowest BCUT2D eigenvalue weighted by molar-refractivity contribution is 0.258. The van der Waals surface area contributed by atoms with Gasteiger partial charge in [-0.05, 0) is 62.7 Å². The van der Waals surface area contributed by atoms with E-state index in [1.165, 1.54) is 11.8 Å². The molecule has 0 saturated heterocycles. The molecule has 0 bridgehead atoms. The summed E-state index contributed by atoms with van der Waals surface area (Å²) in [5.41, 5.74) is 2.55. The Labute approximate surface area is 189 Å². The molecule has 2 aromatic heterocycles. The highest BCUT2D eigenvalue weighted by atomic mass is 32.2. The van der Waals surface area contributed by atoms with Gasteiger partial charge in [-0.25, -0.2) is 4.98 Å². The number of carbonyl (C=O) groups excluding carboxylic acids is 1. The Hall–Kier alpha value is -3.39. The predicted octanol–water partition coefficient (Wildman–Crippen LogP) is 5.77. The number of amides is 1. The Morgan fingerprint density at radius 2 is 1.78 bits per heavy atom. The molecule has 3 heterocycles. The number of nitrogens with zero attached hydrogens (tertiary/aromatic N) is 5. The first-order chi connectivity index (χ1) is 15.5. The van der Waals surface area contributed by atoms with Gasteiger partial charge in [-0.2, -0.15) is 4.98 Å². The van der Waals surface area contributed by atoms with Crippen molar-refractivity contribution < 1.29 is 9.32 Å². The van der Waals surface area contributed by atoms with Crippen molar-refractivity contribution in [3.63, 3.8) is 0 Å². The van der Waals surface area contributed by atoms with E-state index in [2.05, 4.69) is 15.1 Å². The molecule has 7 nitrogen and oxygen atoms in total. The molecule has 1 aliphatic heterocycles. The van der Waals surface area contributed by atoms with Gasteiger partial charge in [-0.15, -0.1) is 0 Å². The highest BCUT2D eigenvalue weighted by Gasteiger charge is 2.45. The van der Waals surface area contributed by atoms with Gasteiger partial charge in [0.1, 0.15) is 12.0 Å². The van der Waals surface area contributed by atoms with Crippen LogP contribution in [0.2, 0.25) is 0 Å². The molecule has 2 aromatic carbocycles. The second kappa shape index (κ2) is 7.06. The molecule has 6 rings (SSSR count). The summed E-state index contributed by atoms with van der Waals surface area (Å²) in [6.07, 6.45) is 3.95. The summed E-state index contributed by atoms with van der Waals surface area (Å²) in [4.78, 5) is 25.7. The zero-order valence-corrected chi connectivity index (χ0v) is 18.5.